The van der Waals surface area contributed by atoms with Gasteiger partial charge in [0.05, 0.1) is 12.0 Å². The Morgan fingerprint density at radius 2 is 2.05 bits per heavy atom. The predicted molar refractivity (Wildman–Crippen MR) is 76.3 cm³/mol. The highest BCUT2D eigenvalue weighted by Gasteiger charge is 2.28. The molecule has 1 amide bonds. The van der Waals surface area contributed by atoms with Crippen molar-refractivity contribution in [1.29, 1.82) is 0 Å². The van der Waals surface area contributed by atoms with Crippen LogP contribution in [-0.4, -0.2) is 39.0 Å². The Hall–Kier alpha value is -1.43. The molecule has 0 bridgehead atoms. The van der Waals surface area contributed by atoms with Crippen LogP contribution >= 0.6 is 0 Å². The van der Waals surface area contributed by atoms with Crippen LogP contribution in [0.5, 0.6) is 0 Å². The fourth-order valence-corrected chi connectivity index (χ4v) is 2.63. The van der Waals surface area contributed by atoms with Crippen molar-refractivity contribution in [2.45, 2.75) is 31.7 Å². The molecule has 0 aliphatic carbocycles. The molecule has 1 aromatic carbocycles. The molecule has 0 fully saturated rings. The van der Waals surface area contributed by atoms with Crippen LogP contribution in [0, 0.1) is 0 Å². The highest BCUT2D eigenvalue weighted by Crippen LogP contribution is 2.24. The molecule has 0 spiro atoms. The first-order chi connectivity index (χ1) is 9.67. The molecule has 5 nitrogen and oxygen atoms in total. The number of rotatable bonds is 5. The van der Waals surface area contributed by atoms with E-state index in [4.69, 9.17) is 9.47 Å². The summed E-state index contributed by atoms with van der Waals surface area (Å²) in [5, 5.41) is 6.24. The van der Waals surface area contributed by atoms with E-state index in [1.165, 1.54) is 5.56 Å². The van der Waals surface area contributed by atoms with Gasteiger partial charge in [-0.3, -0.25) is 4.79 Å². The van der Waals surface area contributed by atoms with Crippen molar-refractivity contribution in [2.24, 2.45) is 0 Å². The molecule has 1 heterocycles. The van der Waals surface area contributed by atoms with Gasteiger partial charge in [0.2, 0.25) is 5.91 Å². The molecule has 0 saturated carbocycles. The first kappa shape index (κ1) is 15.0. The number of nitrogens with one attached hydrogen (secondary N) is 2. The molecule has 1 aromatic rings. The molecule has 1 aliphatic rings. The molecule has 0 aromatic heterocycles. The summed E-state index contributed by atoms with van der Waals surface area (Å²) in [7, 11) is 3.13. The molecule has 2 atom stereocenters. The van der Waals surface area contributed by atoms with Gasteiger partial charge in [-0.15, -0.1) is 0 Å². The zero-order chi connectivity index (χ0) is 14.5. The van der Waals surface area contributed by atoms with Crippen LogP contribution in [0.25, 0.3) is 0 Å². The summed E-state index contributed by atoms with van der Waals surface area (Å²) in [5.41, 5.74) is 2.28. The average molecular weight is 278 g/mol. The minimum atomic E-state index is -0.439. The molecule has 2 rings (SSSR count). The lowest BCUT2D eigenvalue weighted by Gasteiger charge is -2.28. The van der Waals surface area contributed by atoms with Crippen LogP contribution in [0.1, 0.15) is 24.0 Å². The summed E-state index contributed by atoms with van der Waals surface area (Å²) < 4.78 is 10.3. The maximum absolute atomic E-state index is 12.4. The number of carbonyl (C=O) groups excluding carboxylic acids is 1. The Balaban J connectivity index is 2.07. The maximum atomic E-state index is 12.4. The minimum absolute atomic E-state index is 0.00347. The van der Waals surface area contributed by atoms with Gasteiger partial charge in [0, 0.05) is 27.3 Å². The molecule has 0 saturated heterocycles. The van der Waals surface area contributed by atoms with E-state index in [1.54, 1.807) is 14.2 Å². The second-order valence-electron chi connectivity index (χ2n) is 5.02. The SMILES string of the molecule is COC(OC)C(C)NC(=O)C1CNCc2ccccc21. The van der Waals surface area contributed by atoms with E-state index in [0.29, 0.717) is 6.54 Å². The highest BCUT2D eigenvalue weighted by molar-refractivity contribution is 5.84. The summed E-state index contributed by atoms with van der Waals surface area (Å²) in [6.45, 7) is 3.34. The molecule has 0 radical (unpaired) electrons. The van der Waals surface area contributed by atoms with Crippen molar-refractivity contribution in [1.82, 2.24) is 10.6 Å². The van der Waals surface area contributed by atoms with E-state index < -0.39 is 6.29 Å². The normalized spacial score (nSPS) is 19.5. The molecule has 20 heavy (non-hydrogen) atoms. The number of amides is 1. The van der Waals surface area contributed by atoms with Gasteiger partial charge in [-0.25, -0.2) is 0 Å². The first-order valence-corrected chi connectivity index (χ1v) is 6.81. The van der Waals surface area contributed by atoms with Gasteiger partial charge in [-0.1, -0.05) is 24.3 Å². The predicted octanol–water partition coefficient (Wildman–Crippen LogP) is 0.997. The van der Waals surface area contributed by atoms with Crippen molar-refractivity contribution in [3.8, 4) is 0 Å². The van der Waals surface area contributed by atoms with Crippen molar-refractivity contribution in [3.63, 3.8) is 0 Å². The van der Waals surface area contributed by atoms with Crippen LogP contribution < -0.4 is 10.6 Å². The minimum Gasteiger partial charge on any atom is -0.354 e. The van der Waals surface area contributed by atoms with Gasteiger partial charge < -0.3 is 20.1 Å². The lowest BCUT2D eigenvalue weighted by molar-refractivity contribution is -0.136. The Morgan fingerprint density at radius 3 is 2.75 bits per heavy atom. The van der Waals surface area contributed by atoms with Gasteiger partial charge in [0.25, 0.3) is 0 Å². The number of fused-ring (bicyclic) bond motifs is 1. The summed E-state index contributed by atoms with van der Waals surface area (Å²) in [6, 6.07) is 7.84. The third-order valence-electron chi connectivity index (χ3n) is 3.65. The summed E-state index contributed by atoms with van der Waals surface area (Å²) in [5.74, 6) is -0.173. The van der Waals surface area contributed by atoms with Crippen LogP contribution in [0.2, 0.25) is 0 Å². The Kier molecular flexibility index (Phi) is 5.11. The Bertz CT molecular complexity index is 460. The van der Waals surface area contributed by atoms with Gasteiger partial charge in [0.15, 0.2) is 6.29 Å². The Labute approximate surface area is 119 Å². The second kappa shape index (κ2) is 6.83. The molecular formula is C15H22N2O3. The van der Waals surface area contributed by atoms with E-state index in [2.05, 4.69) is 16.7 Å². The smallest absolute Gasteiger partial charge is 0.229 e. The Morgan fingerprint density at radius 1 is 1.35 bits per heavy atom. The topological polar surface area (TPSA) is 59.6 Å². The molecule has 1 aliphatic heterocycles. The molecule has 5 heteroatoms. The van der Waals surface area contributed by atoms with Crippen LogP contribution in [0.4, 0.5) is 0 Å². The highest BCUT2D eigenvalue weighted by atomic mass is 16.7. The van der Waals surface area contributed by atoms with Gasteiger partial charge in [0.1, 0.15) is 0 Å². The van der Waals surface area contributed by atoms with Gasteiger partial charge >= 0.3 is 0 Å². The zero-order valence-corrected chi connectivity index (χ0v) is 12.2. The largest absolute Gasteiger partial charge is 0.354 e. The van der Waals surface area contributed by atoms with E-state index in [-0.39, 0.29) is 17.9 Å². The molecule has 2 N–H and O–H groups in total. The second-order valence-corrected chi connectivity index (χ2v) is 5.02. The number of hydrogen-bond donors (Lipinski definition) is 2. The third-order valence-corrected chi connectivity index (χ3v) is 3.65. The lowest BCUT2D eigenvalue weighted by atomic mass is 9.90. The van der Waals surface area contributed by atoms with E-state index in [9.17, 15) is 4.79 Å². The fourth-order valence-electron chi connectivity index (χ4n) is 2.63. The molecule has 2 unspecified atom stereocenters. The number of benzene rings is 1. The third kappa shape index (κ3) is 3.17. The molecule has 110 valence electrons. The summed E-state index contributed by atoms with van der Waals surface area (Å²) >= 11 is 0. The van der Waals surface area contributed by atoms with E-state index in [1.807, 2.05) is 25.1 Å². The van der Waals surface area contributed by atoms with Crippen molar-refractivity contribution < 1.29 is 14.3 Å². The lowest BCUT2D eigenvalue weighted by Crippen LogP contribution is -2.47. The maximum Gasteiger partial charge on any atom is 0.229 e. The van der Waals surface area contributed by atoms with E-state index in [0.717, 1.165) is 12.1 Å². The number of ether oxygens (including phenoxy) is 2. The van der Waals surface area contributed by atoms with Gasteiger partial charge in [-0.05, 0) is 18.1 Å². The number of carbonyl (C=O) groups is 1. The molecular weight excluding hydrogens is 256 g/mol. The average Bonchev–Trinajstić information content (AvgIpc) is 2.47. The van der Waals surface area contributed by atoms with Crippen LogP contribution in [0.3, 0.4) is 0 Å². The van der Waals surface area contributed by atoms with Crippen molar-refractivity contribution >= 4 is 5.91 Å². The standard InChI is InChI=1S/C15H22N2O3/c1-10(15(19-2)20-3)17-14(18)13-9-16-8-11-6-4-5-7-12(11)13/h4-7,10,13,15-16H,8-9H2,1-3H3,(H,17,18). The fraction of sp³-hybridized carbons (Fsp3) is 0.533. The van der Waals surface area contributed by atoms with E-state index >= 15 is 0 Å². The number of methoxy groups -OCH3 is 2. The summed E-state index contributed by atoms with van der Waals surface area (Å²) in [6.07, 6.45) is -0.439. The first-order valence-electron chi connectivity index (χ1n) is 6.81. The van der Waals surface area contributed by atoms with Crippen molar-refractivity contribution in [3.05, 3.63) is 35.4 Å². The zero-order valence-electron chi connectivity index (χ0n) is 12.2. The summed E-state index contributed by atoms with van der Waals surface area (Å²) in [4.78, 5) is 12.4. The van der Waals surface area contributed by atoms with Crippen LogP contribution in [-0.2, 0) is 20.8 Å². The number of hydrogen-bond acceptors (Lipinski definition) is 4. The van der Waals surface area contributed by atoms with Crippen molar-refractivity contribution in [2.75, 3.05) is 20.8 Å². The van der Waals surface area contributed by atoms with Gasteiger partial charge in [-0.2, -0.15) is 0 Å². The quantitative estimate of drug-likeness (QED) is 0.789. The monoisotopic (exact) mass is 278 g/mol. The van der Waals surface area contributed by atoms with Crippen LogP contribution in [0.15, 0.2) is 24.3 Å².